The first kappa shape index (κ1) is 31.6. The fourth-order valence-electron chi connectivity index (χ4n) is 5.26. The number of hydrogen-bond acceptors (Lipinski definition) is 10. The van der Waals surface area contributed by atoms with Crippen molar-refractivity contribution < 1.29 is 52.4 Å². The van der Waals surface area contributed by atoms with Crippen LogP contribution in [0.4, 0.5) is 4.39 Å². The lowest BCUT2D eigenvalue weighted by Gasteiger charge is -2.44. The lowest BCUT2D eigenvalue weighted by atomic mass is 9.97. The molecule has 1 N–H and O–H groups in total. The van der Waals surface area contributed by atoms with Gasteiger partial charge in [-0.2, -0.15) is 0 Å². The second-order valence-electron chi connectivity index (χ2n) is 10.2. The van der Waals surface area contributed by atoms with Crippen LogP contribution in [0.25, 0.3) is 10.9 Å². The smallest absolute Gasteiger partial charge is 0.303 e. The number of esters is 4. The predicted octanol–water partition coefficient (Wildman–Crippen LogP) is 3.68. The van der Waals surface area contributed by atoms with Crippen LogP contribution in [0.3, 0.4) is 0 Å². The van der Waals surface area contributed by atoms with Crippen molar-refractivity contribution in [3.8, 4) is 0 Å². The number of aromatic nitrogens is 1. The summed E-state index contributed by atoms with van der Waals surface area (Å²) in [5.74, 6) is -3.58. The summed E-state index contributed by atoms with van der Waals surface area (Å²) in [4.78, 5) is 48.3. The third-order valence-electron chi connectivity index (χ3n) is 7.08. The van der Waals surface area contributed by atoms with Gasteiger partial charge in [0.05, 0.1) is 5.52 Å². The Bertz CT molecular complexity index is 1500. The summed E-state index contributed by atoms with van der Waals surface area (Å²) in [7, 11) is 0. The highest BCUT2D eigenvalue weighted by atomic mass is 19.1. The summed E-state index contributed by atoms with van der Waals surface area (Å²) in [6.45, 7) is 6.15. The number of aliphatic hydroxyl groups is 1. The van der Waals surface area contributed by atoms with Crippen LogP contribution in [-0.2, 0) is 49.3 Å². The molecule has 12 heteroatoms. The number of benzene rings is 2. The summed E-state index contributed by atoms with van der Waals surface area (Å²) in [6.07, 6.45) is -5.67. The monoisotopic (exact) mass is 599 g/mol. The van der Waals surface area contributed by atoms with E-state index in [1.54, 1.807) is 18.2 Å². The van der Waals surface area contributed by atoms with Gasteiger partial charge in [0.15, 0.2) is 24.5 Å². The van der Waals surface area contributed by atoms with Crippen molar-refractivity contribution in [1.82, 2.24) is 4.57 Å². The lowest BCUT2D eigenvalue weighted by molar-refractivity contribution is -0.267. The molecule has 3 aromatic rings. The molecule has 230 valence electrons. The molecule has 1 aliphatic heterocycles. The third-order valence-corrected chi connectivity index (χ3v) is 7.08. The summed E-state index contributed by atoms with van der Waals surface area (Å²) in [5.41, 5.74) is 2.04. The SMILES string of the molecule is CCc1ccc(C(O)c2cn([C@@H]3O[C@H](COC(C)=O)[C@@H](OC(C)=O)[C@H](OC(C)=O)[C@H]3OC(C)=O)c3cccc(F)c23)cc1. The van der Waals surface area contributed by atoms with Gasteiger partial charge in [-0.15, -0.1) is 0 Å². The number of nitrogens with zero attached hydrogens (tertiary/aromatic N) is 1. The molecule has 1 fully saturated rings. The number of carbonyl (C=O) groups excluding carboxylic acids is 4. The van der Waals surface area contributed by atoms with E-state index in [1.165, 1.54) is 29.8 Å². The van der Waals surface area contributed by atoms with Gasteiger partial charge in [0, 0.05) is 44.8 Å². The van der Waals surface area contributed by atoms with Crippen molar-refractivity contribution >= 4 is 34.8 Å². The quantitative estimate of drug-likeness (QED) is 0.286. The molecule has 43 heavy (non-hydrogen) atoms. The molecule has 0 bridgehead atoms. The van der Waals surface area contributed by atoms with Crippen molar-refractivity contribution in [2.45, 2.75) is 77.8 Å². The first-order chi connectivity index (χ1) is 20.4. The van der Waals surface area contributed by atoms with E-state index in [1.807, 2.05) is 19.1 Å². The molecule has 6 atom stereocenters. The fraction of sp³-hybridized carbons (Fsp3) is 0.419. The molecular weight excluding hydrogens is 565 g/mol. The first-order valence-electron chi connectivity index (χ1n) is 13.8. The Balaban J connectivity index is 1.90. The first-order valence-corrected chi connectivity index (χ1v) is 13.8. The highest BCUT2D eigenvalue weighted by molar-refractivity contribution is 5.85. The fourth-order valence-corrected chi connectivity index (χ4v) is 5.26. The standard InChI is InChI=1S/C31H34FNO10/c1-6-20-10-12-21(13-11-20)27(38)22-14-33(24-9-7-8-23(32)26(22)24)31-30(42-19(5)37)29(41-18(4)36)28(40-17(3)35)25(43-31)15-39-16(2)34/h7-14,25,27-31,38H,6,15H2,1-5H3/t25-,27?,28-,29+,30-,31-/m1/s1. The number of carbonyl (C=O) groups is 4. The van der Waals surface area contributed by atoms with E-state index in [9.17, 15) is 24.3 Å². The van der Waals surface area contributed by atoms with Crippen molar-refractivity contribution in [3.05, 3.63) is 71.2 Å². The maximum atomic E-state index is 15.4. The third kappa shape index (κ3) is 7.03. The number of aliphatic hydroxyl groups excluding tert-OH is 1. The summed E-state index contributed by atoms with van der Waals surface area (Å²) >= 11 is 0. The zero-order chi connectivity index (χ0) is 31.4. The Hall–Kier alpha value is -4.29. The summed E-state index contributed by atoms with van der Waals surface area (Å²) in [5, 5.41) is 11.5. The van der Waals surface area contributed by atoms with Gasteiger partial charge in [-0.05, 0) is 29.7 Å². The Morgan fingerprint density at radius 2 is 1.49 bits per heavy atom. The maximum absolute atomic E-state index is 15.4. The second kappa shape index (κ2) is 13.3. The van der Waals surface area contributed by atoms with E-state index in [0.717, 1.165) is 32.8 Å². The van der Waals surface area contributed by atoms with E-state index in [2.05, 4.69) is 0 Å². The molecular formula is C31H34FNO10. The molecule has 0 spiro atoms. The molecule has 4 rings (SSSR count). The van der Waals surface area contributed by atoms with E-state index in [0.29, 0.717) is 5.56 Å². The zero-order valence-electron chi connectivity index (χ0n) is 24.4. The van der Waals surface area contributed by atoms with Gasteiger partial charge in [-0.1, -0.05) is 37.3 Å². The van der Waals surface area contributed by atoms with Gasteiger partial charge in [-0.25, -0.2) is 4.39 Å². The Morgan fingerprint density at radius 3 is 2.07 bits per heavy atom. The highest BCUT2D eigenvalue weighted by Gasteiger charge is 2.53. The highest BCUT2D eigenvalue weighted by Crippen LogP contribution is 2.40. The van der Waals surface area contributed by atoms with Crippen molar-refractivity contribution in [2.24, 2.45) is 0 Å². The molecule has 0 saturated carbocycles. The van der Waals surface area contributed by atoms with E-state index >= 15 is 4.39 Å². The van der Waals surface area contributed by atoms with Crippen LogP contribution >= 0.6 is 0 Å². The molecule has 1 aliphatic rings. The van der Waals surface area contributed by atoms with Crippen LogP contribution in [-0.4, -0.2) is 64.6 Å². The molecule has 0 radical (unpaired) electrons. The molecule has 0 aliphatic carbocycles. The normalized spacial score (nSPS) is 22.4. The predicted molar refractivity (Wildman–Crippen MR) is 149 cm³/mol. The van der Waals surface area contributed by atoms with Crippen molar-refractivity contribution in [2.75, 3.05) is 6.61 Å². The average molecular weight is 600 g/mol. The summed E-state index contributed by atoms with van der Waals surface area (Å²) < 4.78 is 44.9. The number of fused-ring (bicyclic) bond motifs is 1. The van der Waals surface area contributed by atoms with Crippen molar-refractivity contribution in [1.29, 1.82) is 0 Å². The number of rotatable bonds is 9. The van der Waals surface area contributed by atoms with E-state index < -0.39 is 73.0 Å². The van der Waals surface area contributed by atoms with Crippen LogP contribution in [0, 0.1) is 5.82 Å². The minimum absolute atomic E-state index is 0.0856. The maximum Gasteiger partial charge on any atom is 0.303 e. The van der Waals surface area contributed by atoms with Crippen LogP contribution in [0.5, 0.6) is 0 Å². The zero-order valence-corrected chi connectivity index (χ0v) is 24.4. The average Bonchev–Trinajstić information content (AvgIpc) is 3.34. The van der Waals surface area contributed by atoms with E-state index in [4.69, 9.17) is 23.7 Å². The molecule has 0 amide bonds. The second-order valence-corrected chi connectivity index (χ2v) is 10.2. The molecule has 1 aromatic heterocycles. The van der Waals surface area contributed by atoms with Crippen LogP contribution in [0.15, 0.2) is 48.7 Å². The topological polar surface area (TPSA) is 140 Å². The Morgan fingerprint density at radius 1 is 0.884 bits per heavy atom. The molecule has 2 aromatic carbocycles. The molecule has 2 heterocycles. The Labute approximate surface area is 247 Å². The van der Waals surface area contributed by atoms with Crippen LogP contribution < -0.4 is 0 Å². The molecule has 11 nitrogen and oxygen atoms in total. The number of ether oxygens (including phenoxy) is 5. The minimum atomic E-state index is -1.41. The number of aryl methyl sites for hydroxylation is 1. The molecule has 1 unspecified atom stereocenters. The van der Waals surface area contributed by atoms with Crippen LogP contribution in [0.1, 0.15) is 63.6 Å². The largest absolute Gasteiger partial charge is 0.463 e. The van der Waals surface area contributed by atoms with Gasteiger partial charge >= 0.3 is 23.9 Å². The summed E-state index contributed by atoms with van der Waals surface area (Å²) in [6, 6.07) is 11.5. The van der Waals surface area contributed by atoms with Gasteiger partial charge in [0.1, 0.15) is 24.6 Å². The van der Waals surface area contributed by atoms with Crippen LogP contribution in [0.2, 0.25) is 0 Å². The Kier molecular flexibility index (Phi) is 9.82. The van der Waals surface area contributed by atoms with Gasteiger partial charge in [0.25, 0.3) is 0 Å². The minimum Gasteiger partial charge on any atom is -0.463 e. The lowest BCUT2D eigenvalue weighted by Crippen LogP contribution is -2.60. The van der Waals surface area contributed by atoms with Gasteiger partial charge in [-0.3, -0.25) is 19.2 Å². The van der Waals surface area contributed by atoms with Gasteiger partial charge < -0.3 is 33.4 Å². The number of halogens is 1. The number of hydrogen-bond donors (Lipinski definition) is 1. The van der Waals surface area contributed by atoms with Crippen molar-refractivity contribution in [3.63, 3.8) is 0 Å². The van der Waals surface area contributed by atoms with Gasteiger partial charge in [0.2, 0.25) is 0 Å². The van der Waals surface area contributed by atoms with E-state index in [-0.39, 0.29) is 16.5 Å². The molecule has 1 saturated heterocycles.